The molecule has 1 rings (SSSR count). The van der Waals surface area contributed by atoms with Gasteiger partial charge in [-0.05, 0) is 44.5 Å². The molecule has 120 valence electrons. The first kappa shape index (κ1) is 18.2. The van der Waals surface area contributed by atoms with E-state index in [1.807, 2.05) is 30.1 Å². The number of nitrogens with zero attached hydrogens (tertiary/aromatic N) is 1. The number of halogens is 1. The minimum atomic E-state index is -0.515. The first-order valence-electron chi connectivity index (χ1n) is 7.14. The van der Waals surface area contributed by atoms with Crippen molar-refractivity contribution in [1.82, 2.24) is 5.32 Å². The first-order valence-corrected chi connectivity index (χ1v) is 7.52. The van der Waals surface area contributed by atoms with Gasteiger partial charge in [-0.3, -0.25) is 0 Å². The van der Waals surface area contributed by atoms with Crippen LogP contribution >= 0.6 is 11.6 Å². The molecule has 0 aliphatic carbocycles. The number of likely N-dealkylation sites (N-methyl/N-ethyl adjacent to an activating group) is 1. The van der Waals surface area contributed by atoms with E-state index in [1.54, 1.807) is 7.11 Å². The molecule has 0 aromatic heterocycles. The summed E-state index contributed by atoms with van der Waals surface area (Å²) in [6.45, 7) is 7.95. The van der Waals surface area contributed by atoms with Crippen LogP contribution in [0, 0.1) is 0 Å². The van der Waals surface area contributed by atoms with Crippen LogP contribution in [-0.4, -0.2) is 44.1 Å². The molecule has 0 heterocycles. The Balaban J connectivity index is 2.85. The van der Waals surface area contributed by atoms with Crippen LogP contribution in [0.15, 0.2) is 18.2 Å². The van der Waals surface area contributed by atoms with Crippen LogP contribution < -0.4 is 10.2 Å². The van der Waals surface area contributed by atoms with Crippen molar-refractivity contribution in [3.63, 3.8) is 0 Å². The number of aliphatic hydroxyl groups excluding tert-OH is 1. The summed E-state index contributed by atoms with van der Waals surface area (Å²) in [6, 6.07) is 5.83. The Morgan fingerprint density at radius 2 is 2.05 bits per heavy atom. The molecule has 1 aromatic rings. The number of aliphatic hydroxyl groups is 1. The van der Waals surface area contributed by atoms with E-state index in [-0.39, 0.29) is 5.54 Å². The molecule has 1 atom stereocenters. The molecule has 0 radical (unpaired) electrons. The Bertz CT molecular complexity index is 446. The van der Waals surface area contributed by atoms with E-state index in [0.717, 1.165) is 22.8 Å². The van der Waals surface area contributed by atoms with Gasteiger partial charge in [-0.2, -0.15) is 0 Å². The van der Waals surface area contributed by atoms with Crippen LogP contribution in [-0.2, 0) is 11.3 Å². The Hall–Kier alpha value is -0.810. The van der Waals surface area contributed by atoms with E-state index in [4.69, 9.17) is 16.3 Å². The fourth-order valence-electron chi connectivity index (χ4n) is 2.09. The Kier molecular flexibility index (Phi) is 6.94. The van der Waals surface area contributed by atoms with E-state index >= 15 is 0 Å². The topological polar surface area (TPSA) is 44.7 Å². The van der Waals surface area contributed by atoms with Crippen molar-refractivity contribution in [1.29, 1.82) is 0 Å². The van der Waals surface area contributed by atoms with Gasteiger partial charge in [0, 0.05) is 43.5 Å². The van der Waals surface area contributed by atoms with Gasteiger partial charge in [0.1, 0.15) is 0 Å². The summed E-state index contributed by atoms with van der Waals surface area (Å²) in [5.41, 5.74) is 2.21. The lowest BCUT2D eigenvalue weighted by atomic mass is 10.1. The smallest absolute Gasteiger partial charge is 0.0947 e. The SMILES string of the molecule is COCC(O)CN(C)c1ccc(Cl)cc1CNC(C)(C)C. The highest BCUT2D eigenvalue weighted by Crippen LogP contribution is 2.24. The summed E-state index contributed by atoms with van der Waals surface area (Å²) in [6.07, 6.45) is -0.515. The van der Waals surface area contributed by atoms with E-state index in [2.05, 4.69) is 26.1 Å². The second kappa shape index (κ2) is 7.99. The van der Waals surface area contributed by atoms with Crippen LogP contribution in [0.4, 0.5) is 5.69 Å². The zero-order valence-electron chi connectivity index (χ0n) is 13.6. The highest BCUT2D eigenvalue weighted by molar-refractivity contribution is 6.30. The largest absolute Gasteiger partial charge is 0.389 e. The van der Waals surface area contributed by atoms with Crippen LogP contribution in [0.2, 0.25) is 5.02 Å². The number of hydrogen-bond acceptors (Lipinski definition) is 4. The Labute approximate surface area is 133 Å². The molecule has 1 aromatic carbocycles. The van der Waals surface area contributed by atoms with Gasteiger partial charge in [0.05, 0.1) is 12.7 Å². The van der Waals surface area contributed by atoms with Gasteiger partial charge >= 0.3 is 0 Å². The maximum absolute atomic E-state index is 9.88. The normalized spacial score (nSPS) is 13.3. The number of rotatable bonds is 7. The second-order valence-electron chi connectivity index (χ2n) is 6.37. The van der Waals surface area contributed by atoms with Crippen molar-refractivity contribution < 1.29 is 9.84 Å². The summed E-state index contributed by atoms with van der Waals surface area (Å²) < 4.78 is 4.97. The number of nitrogens with one attached hydrogen (secondary N) is 1. The van der Waals surface area contributed by atoms with Gasteiger partial charge in [-0.1, -0.05) is 11.6 Å². The van der Waals surface area contributed by atoms with Gasteiger partial charge < -0.3 is 20.1 Å². The average molecular weight is 315 g/mol. The molecule has 0 aliphatic rings. The minimum Gasteiger partial charge on any atom is -0.389 e. The van der Waals surface area contributed by atoms with Crippen molar-refractivity contribution in [2.45, 2.75) is 39.0 Å². The number of hydrogen-bond donors (Lipinski definition) is 2. The molecule has 0 aliphatic heterocycles. The molecule has 0 saturated carbocycles. The summed E-state index contributed by atoms with van der Waals surface area (Å²) >= 11 is 6.11. The van der Waals surface area contributed by atoms with Crippen LogP contribution in [0.1, 0.15) is 26.3 Å². The zero-order chi connectivity index (χ0) is 16.0. The Morgan fingerprint density at radius 3 is 2.62 bits per heavy atom. The maximum atomic E-state index is 9.88. The highest BCUT2D eigenvalue weighted by Gasteiger charge is 2.15. The van der Waals surface area contributed by atoms with Gasteiger partial charge in [0.2, 0.25) is 0 Å². The second-order valence-corrected chi connectivity index (χ2v) is 6.80. The average Bonchev–Trinajstić information content (AvgIpc) is 2.35. The van der Waals surface area contributed by atoms with Crippen molar-refractivity contribution >= 4 is 17.3 Å². The molecular weight excluding hydrogens is 288 g/mol. The van der Waals surface area contributed by atoms with Crippen molar-refractivity contribution in [2.24, 2.45) is 0 Å². The molecule has 0 amide bonds. The number of ether oxygens (including phenoxy) is 1. The third-order valence-corrected chi connectivity index (χ3v) is 3.34. The molecule has 4 nitrogen and oxygen atoms in total. The molecule has 2 N–H and O–H groups in total. The zero-order valence-corrected chi connectivity index (χ0v) is 14.4. The van der Waals surface area contributed by atoms with Gasteiger partial charge in [0.25, 0.3) is 0 Å². The van der Waals surface area contributed by atoms with Crippen LogP contribution in [0.3, 0.4) is 0 Å². The highest BCUT2D eigenvalue weighted by atomic mass is 35.5. The lowest BCUT2D eigenvalue weighted by Gasteiger charge is -2.27. The summed E-state index contributed by atoms with van der Waals surface area (Å²) in [5.74, 6) is 0. The minimum absolute atomic E-state index is 0.0354. The van der Waals surface area contributed by atoms with Gasteiger partial charge in [-0.25, -0.2) is 0 Å². The predicted molar refractivity (Wildman–Crippen MR) is 89.2 cm³/mol. The summed E-state index contributed by atoms with van der Waals surface area (Å²) in [7, 11) is 3.55. The monoisotopic (exact) mass is 314 g/mol. The van der Waals surface area contributed by atoms with Gasteiger partial charge in [0.15, 0.2) is 0 Å². The molecule has 1 unspecified atom stereocenters. The first-order chi connectivity index (χ1) is 9.73. The van der Waals surface area contributed by atoms with E-state index in [0.29, 0.717) is 13.2 Å². The molecule has 0 spiro atoms. The van der Waals surface area contributed by atoms with E-state index in [9.17, 15) is 5.11 Å². The van der Waals surface area contributed by atoms with Gasteiger partial charge in [-0.15, -0.1) is 0 Å². The van der Waals surface area contributed by atoms with Crippen LogP contribution in [0.25, 0.3) is 0 Å². The van der Waals surface area contributed by atoms with Crippen molar-refractivity contribution in [3.05, 3.63) is 28.8 Å². The maximum Gasteiger partial charge on any atom is 0.0947 e. The van der Waals surface area contributed by atoms with E-state index < -0.39 is 6.10 Å². The summed E-state index contributed by atoms with van der Waals surface area (Å²) in [4.78, 5) is 2.03. The predicted octanol–water partition coefficient (Wildman–Crippen LogP) is 2.67. The molecule has 5 heteroatoms. The third-order valence-electron chi connectivity index (χ3n) is 3.11. The lowest BCUT2D eigenvalue weighted by Crippen LogP contribution is -2.36. The molecule has 0 saturated heterocycles. The fraction of sp³-hybridized carbons (Fsp3) is 0.625. The number of anilines is 1. The lowest BCUT2D eigenvalue weighted by molar-refractivity contribution is 0.0695. The fourth-order valence-corrected chi connectivity index (χ4v) is 2.28. The third kappa shape index (κ3) is 6.66. The quantitative estimate of drug-likeness (QED) is 0.812. The molecule has 0 fully saturated rings. The summed E-state index contributed by atoms with van der Waals surface area (Å²) in [5, 5.41) is 14.1. The standard InChI is InChI=1S/C16H27ClN2O2/c1-16(2,3)18-9-12-8-13(17)6-7-15(12)19(4)10-14(20)11-21-5/h6-8,14,18,20H,9-11H2,1-5H3. The number of benzene rings is 1. The molecular formula is C16H27ClN2O2. The van der Waals surface area contributed by atoms with Crippen molar-refractivity contribution in [2.75, 3.05) is 32.2 Å². The van der Waals surface area contributed by atoms with E-state index in [1.165, 1.54) is 0 Å². The number of methoxy groups -OCH3 is 1. The van der Waals surface area contributed by atoms with Crippen LogP contribution in [0.5, 0.6) is 0 Å². The molecule has 0 bridgehead atoms. The Morgan fingerprint density at radius 1 is 1.38 bits per heavy atom. The molecule has 21 heavy (non-hydrogen) atoms. The van der Waals surface area contributed by atoms with Crippen molar-refractivity contribution in [3.8, 4) is 0 Å².